The molecule has 2 aromatic rings. The normalized spacial score (nSPS) is 10.9. The van der Waals surface area contributed by atoms with Crippen LogP contribution in [0.4, 0.5) is 20.2 Å². The lowest BCUT2D eigenvalue weighted by atomic mass is 10.2. The van der Waals surface area contributed by atoms with Crippen LogP contribution in [0.2, 0.25) is 0 Å². The first kappa shape index (κ1) is 14.7. The summed E-state index contributed by atoms with van der Waals surface area (Å²) in [5.74, 6) is -1.99. The summed E-state index contributed by atoms with van der Waals surface area (Å²) >= 11 is 0. The number of benzene rings is 2. The molecule has 0 saturated heterocycles. The van der Waals surface area contributed by atoms with Gasteiger partial charge in [-0.2, -0.15) is 5.26 Å². The molecule has 0 amide bonds. The quantitative estimate of drug-likeness (QED) is 0.850. The maximum absolute atomic E-state index is 13.5. The summed E-state index contributed by atoms with van der Waals surface area (Å²) in [5, 5.41) is 8.93. The van der Waals surface area contributed by atoms with E-state index in [9.17, 15) is 17.2 Å². The molecule has 0 bridgehead atoms. The van der Waals surface area contributed by atoms with E-state index < -0.39 is 26.6 Å². The minimum absolute atomic E-state index is 0.0320. The molecule has 0 aliphatic rings. The van der Waals surface area contributed by atoms with Crippen LogP contribution in [-0.4, -0.2) is 8.42 Å². The number of anilines is 2. The molecule has 5 nitrogen and oxygen atoms in total. The van der Waals surface area contributed by atoms with E-state index in [0.29, 0.717) is 12.1 Å². The molecule has 0 saturated carbocycles. The summed E-state index contributed by atoms with van der Waals surface area (Å²) in [6.07, 6.45) is 0. The molecule has 0 radical (unpaired) electrons. The number of nitrogen functional groups attached to an aromatic ring is 1. The van der Waals surface area contributed by atoms with Gasteiger partial charge < -0.3 is 5.73 Å². The lowest BCUT2D eigenvalue weighted by molar-refractivity contribution is 0.555. The number of nitrogens with zero attached hydrogens (tertiary/aromatic N) is 1. The van der Waals surface area contributed by atoms with E-state index in [1.54, 1.807) is 6.07 Å². The Kier molecular flexibility index (Phi) is 3.78. The number of hydrogen-bond donors (Lipinski definition) is 2. The van der Waals surface area contributed by atoms with Crippen molar-refractivity contribution in [2.75, 3.05) is 10.5 Å². The molecule has 0 unspecified atom stereocenters. The van der Waals surface area contributed by atoms with E-state index in [2.05, 4.69) is 0 Å². The van der Waals surface area contributed by atoms with Gasteiger partial charge in [-0.15, -0.1) is 0 Å². The van der Waals surface area contributed by atoms with Crippen molar-refractivity contribution in [2.45, 2.75) is 4.90 Å². The molecule has 0 aliphatic heterocycles. The molecule has 0 aromatic heterocycles. The van der Waals surface area contributed by atoms with Gasteiger partial charge in [-0.1, -0.05) is 0 Å². The van der Waals surface area contributed by atoms with Crippen molar-refractivity contribution in [1.29, 1.82) is 5.26 Å². The average molecular weight is 309 g/mol. The van der Waals surface area contributed by atoms with Crippen LogP contribution in [0.5, 0.6) is 0 Å². The van der Waals surface area contributed by atoms with Crippen molar-refractivity contribution in [3.05, 3.63) is 53.6 Å². The van der Waals surface area contributed by atoms with Crippen molar-refractivity contribution >= 4 is 21.4 Å². The highest BCUT2D eigenvalue weighted by Gasteiger charge is 2.21. The van der Waals surface area contributed by atoms with Gasteiger partial charge in [0.1, 0.15) is 22.6 Å². The van der Waals surface area contributed by atoms with Crippen molar-refractivity contribution in [1.82, 2.24) is 0 Å². The van der Waals surface area contributed by atoms with Gasteiger partial charge in [0.25, 0.3) is 10.0 Å². The van der Waals surface area contributed by atoms with Crippen LogP contribution in [0.15, 0.2) is 41.3 Å². The Bertz CT molecular complexity index is 845. The summed E-state index contributed by atoms with van der Waals surface area (Å²) in [7, 11) is -4.37. The summed E-state index contributed by atoms with van der Waals surface area (Å²) < 4.78 is 52.8. The van der Waals surface area contributed by atoms with E-state index in [1.165, 1.54) is 18.2 Å². The first-order valence-corrected chi connectivity index (χ1v) is 7.09. The third-order valence-corrected chi connectivity index (χ3v) is 3.97. The SMILES string of the molecule is N#Cc1cc(N)ccc1NS(=O)(=O)c1cc(F)ccc1F. The molecule has 0 atom stereocenters. The van der Waals surface area contributed by atoms with Gasteiger partial charge in [0.15, 0.2) is 0 Å². The highest BCUT2D eigenvalue weighted by Crippen LogP contribution is 2.23. The van der Waals surface area contributed by atoms with Crippen molar-refractivity contribution in [3.8, 4) is 6.07 Å². The lowest BCUT2D eigenvalue weighted by Crippen LogP contribution is -2.15. The Balaban J connectivity index is 2.48. The van der Waals surface area contributed by atoms with E-state index in [-0.39, 0.29) is 16.9 Å². The largest absolute Gasteiger partial charge is 0.399 e. The molecule has 8 heteroatoms. The minimum atomic E-state index is -4.37. The third kappa shape index (κ3) is 3.09. The van der Waals surface area contributed by atoms with Crippen LogP contribution in [0.3, 0.4) is 0 Å². The second-order valence-corrected chi connectivity index (χ2v) is 5.75. The fraction of sp³-hybridized carbons (Fsp3) is 0. The molecule has 21 heavy (non-hydrogen) atoms. The van der Waals surface area contributed by atoms with Gasteiger partial charge in [0, 0.05) is 5.69 Å². The third-order valence-electron chi connectivity index (χ3n) is 2.59. The fourth-order valence-electron chi connectivity index (χ4n) is 1.63. The van der Waals surface area contributed by atoms with Crippen LogP contribution in [0.25, 0.3) is 0 Å². The number of rotatable bonds is 3. The first-order valence-electron chi connectivity index (χ1n) is 5.61. The van der Waals surface area contributed by atoms with Crippen molar-refractivity contribution in [2.24, 2.45) is 0 Å². The highest BCUT2D eigenvalue weighted by molar-refractivity contribution is 7.92. The second-order valence-electron chi connectivity index (χ2n) is 4.10. The molecule has 0 spiro atoms. The Hall–Kier alpha value is -2.66. The zero-order valence-corrected chi connectivity index (χ0v) is 11.3. The van der Waals surface area contributed by atoms with Gasteiger partial charge in [0.2, 0.25) is 0 Å². The lowest BCUT2D eigenvalue weighted by Gasteiger charge is -2.10. The Morgan fingerprint density at radius 3 is 2.52 bits per heavy atom. The van der Waals surface area contributed by atoms with Crippen LogP contribution < -0.4 is 10.5 Å². The molecular weight excluding hydrogens is 300 g/mol. The van der Waals surface area contributed by atoms with Gasteiger partial charge >= 0.3 is 0 Å². The van der Waals surface area contributed by atoms with E-state index in [1.807, 2.05) is 4.72 Å². The highest BCUT2D eigenvalue weighted by atomic mass is 32.2. The van der Waals surface area contributed by atoms with E-state index in [0.717, 1.165) is 6.07 Å². The molecule has 3 N–H and O–H groups in total. The standard InChI is InChI=1S/C13H9F2N3O2S/c14-9-1-3-11(15)13(6-9)21(19,20)18-12-4-2-10(17)5-8(12)7-16/h1-6,18H,17H2. The van der Waals surface area contributed by atoms with Crippen LogP contribution >= 0.6 is 0 Å². The predicted octanol–water partition coefficient (Wildman–Crippen LogP) is 2.22. The molecule has 2 rings (SSSR count). The van der Waals surface area contributed by atoms with Gasteiger partial charge in [-0.05, 0) is 36.4 Å². The minimum Gasteiger partial charge on any atom is -0.399 e. The molecule has 108 valence electrons. The number of nitriles is 1. The smallest absolute Gasteiger partial charge is 0.264 e. The van der Waals surface area contributed by atoms with Gasteiger partial charge in [-0.3, -0.25) is 4.72 Å². The molecular formula is C13H9F2N3O2S. The number of halogens is 2. The zero-order valence-electron chi connectivity index (χ0n) is 10.5. The Morgan fingerprint density at radius 1 is 1.14 bits per heavy atom. The summed E-state index contributed by atoms with van der Waals surface area (Å²) in [5.41, 5.74) is 5.65. The van der Waals surface area contributed by atoms with Gasteiger partial charge in [0.05, 0.1) is 11.3 Å². The number of nitrogens with one attached hydrogen (secondary N) is 1. The molecule has 0 heterocycles. The Morgan fingerprint density at radius 2 is 1.86 bits per heavy atom. The van der Waals surface area contributed by atoms with Crippen LogP contribution in [0, 0.1) is 23.0 Å². The van der Waals surface area contributed by atoms with Crippen LogP contribution in [0.1, 0.15) is 5.56 Å². The number of nitrogens with two attached hydrogens (primary N) is 1. The van der Waals surface area contributed by atoms with Crippen LogP contribution in [-0.2, 0) is 10.0 Å². The second kappa shape index (κ2) is 5.38. The molecule has 0 aliphatic carbocycles. The van der Waals surface area contributed by atoms with Crippen molar-refractivity contribution < 1.29 is 17.2 Å². The summed E-state index contributed by atoms with van der Waals surface area (Å²) in [6, 6.07) is 7.73. The zero-order chi connectivity index (χ0) is 15.6. The first-order chi connectivity index (χ1) is 9.83. The topological polar surface area (TPSA) is 96.0 Å². The van der Waals surface area contributed by atoms with Crippen molar-refractivity contribution in [3.63, 3.8) is 0 Å². The molecule has 2 aromatic carbocycles. The number of sulfonamides is 1. The Labute approximate surface area is 119 Å². The summed E-state index contributed by atoms with van der Waals surface area (Å²) in [4.78, 5) is -0.844. The monoisotopic (exact) mass is 309 g/mol. The maximum Gasteiger partial charge on any atom is 0.264 e. The summed E-state index contributed by atoms with van der Waals surface area (Å²) in [6.45, 7) is 0. The molecule has 0 fully saturated rings. The van der Waals surface area contributed by atoms with E-state index >= 15 is 0 Å². The number of hydrogen-bond acceptors (Lipinski definition) is 4. The van der Waals surface area contributed by atoms with E-state index in [4.69, 9.17) is 11.0 Å². The maximum atomic E-state index is 13.5. The van der Waals surface area contributed by atoms with Gasteiger partial charge in [-0.25, -0.2) is 17.2 Å². The predicted molar refractivity (Wildman–Crippen MR) is 72.7 cm³/mol. The fourth-order valence-corrected chi connectivity index (χ4v) is 2.80. The average Bonchev–Trinajstić information content (AvgIpc) is 2.43.